The van der Waals surface area contributed by atoms with E-state index in [2.05, 4.69) is 5.18 Å². The van der Waals surface area contributed by atoms with E-state index in [1.54, 1.807) is 0 Å². The largest absolute Gasteiger partial charge is 0.374 e. The fourth-order valence-corrected chi connectivity index (χ4v) is 0.514. The third-order valence-corrected chi connectivity index (χ3v) is 1.11. The maximum absolute atomic E-state index is 9.60. The Morgan fingerprint density at radius 2 is 2.00 bits per heavy atom. The first-order valence-electron chi connectivity index (χ1n) is 3.27. The topological polar surface area (TPSA) is 57.1 Å². The van der Waals surface area contributed by atoms with Crippen molar-refractivity contribution >= 4 is 0 Å². The highest BCUT2D eigenvalue weighted by Gasteiger charge is 2.03. The van der Waals surface area contributed by atoms with Crippen molar-refractivity contribution in [3.05, 3.63) is 4.91 Å². The van der Waals surface area contributed by atoms with Crippen LogP contribution < -0.4 is 0 Å². The summed E-state index contributed by atoms with van der Waals surface area (Å²) in [6, 6.07) is 0. The van der Waals surface area contributed by atoms with Crippen LogP contribution in [0.4, 0.5) is 0 Å². The average Bonchev–Trinajstić information content (AvgIpc) is 2.05. The van der Waals surface area contributed by atoms with Crippen molar-refractivity contribution < 1.29 is 14.2 Å². The van der Waals surface area contributed by atoms with Crippen LogP contribution in [0.15, 0.2) is 5.18 Å². The molecule has 0 spiro atoms. The lowest BCUT2D eigenvalue weighted by Crippen LogP contribution is -2.20. The molecule has 0 rings (SSSR count). The molecule has 5 heteroatoms. The van der Waals surface area contributed by atoms with E-state index < -0.39 is 0 Å². The molecular formula is C6H13NO4. The van der Waals surface area contributed by atoms with Crippen LogP contribution in [0.2, 0.25) is 0 Å². The Balaban J connectivity index is 3.13. The summed E-state index contributed by atoms with van der Waals surface area (Å²) in [6.45, 7) is 0.801. The van der Waals surface area contributed by atoms with E-state index in [4.69, 9.17) is 14.2 Å². The number of ether oxygens (including phenoxy) is 3. The SMILES string of the molecule is COC(COCCN=O)OC. The highest BCUT2D eigenvalue weighted by atomic mass is 16.7. The van der Waals surface area contributed by atoms with Gasteiger partial charge < -0.3 is 14.2 Å². The molecule has 0 amide bonds. The van der Waals surface area contributed by atoms with E-state index >= 15 is 0 Å². The molecule has 0 N–H and O–H groups in total. The van der Waals surface area contributed by atoms with E-state index in [1.165, 1.54) is 14.2 Å². The molecule has 0 saturated carbocycles. The fourth-order valence-electron chi connectivity index (χ4n) is 0.514. The van der Waals surface area contributed by atoms with E-state index in [1.807, 2.05) is 0 Å². The van der Waals surface area contributed by atoms with Crippen molar-refractivity contribution in [2.75, 3.05) is 34.0 Å². The third kappa shape index (κ3) is 5.90. The minimum atomic E-state index is -0.360. The van der Waals surface area contributed by atoms with Crippen molar-refractivity contribution in [3.63, 3.8) is 0 Å². The summed E-state index contributed by atoms with van der Waals surface area (Å²) in [5.74, 6) is 0. The third-order valence-electron chi connectivity index (χ3n) is 1.11. The van der Waals surface area contributed by atoms with Crippen molar-refractivity contribution in [3.8, 4) is 0 Å². The van der Waals surface area contributed by atoms with Gasteiger partial charge in [-0.05, 0) is 0 Å². The van der Waals surface area contributed by atoms with Gasteiger partial charge in [-0.25, -0.2) is 0 Å². The molecule has 0 atom stereocenters. The van der Waals surface area contributed by atoms with Crippen LogP contribution in [0.5, 0.6) is 0 Å². The first-order valence-corrected chi connectivity index (χ1v) is 3.27. The second-order valence-electron chi connectivity index (χ2n) is 1.83. The second-order valence-corrected chi connectivity index (χ2v) is 1.83. The monoisotopic (exact) mass is 163 g/mol. The number of hydrogen-bond acceptors (Lipinski definition) is 5. The predicted molar refractivity (Wildman–Crippen MR) is 39.3 cm³/mol. The molecule has 0 aliphatic rings. The molecule has 0 fully saturated rings. The van der Waals surface area contributed by atoms with Crippen molar-refractivity contribution in [1.29, 1.82) is 0 Å². The van der Waals surface area contributed by atoms with Gasteiger partial charge in [0.1, 0.15) is 6.54 Å². The normalized spacial score (nSPS) is 10.5. The molecule has 0 aromatic carbocycles. The van der Waals surface area contributed by atoms with E-state index in [0.717, 1.165) is 0 Å². The number of methoxy groups -OCH3 is 2. The van der Waals surface area contributed by atoms with Gasteiger partial charge in [0, 0.05) is 14.2 Å². The van der Waals surface area contributed by atoms with Gasteiger partial charge in [0.15, 0.2) is 6.29 Å². The van der Waals surface area contributed by atoms with Crippen molar-refractivity contribution in [2.24, 2.45) is 5.18 Å². The predicted octanol–water partition coefficient (Wildman–Crippen LogP) is 0.388. The Morgan fingerprint density at radius 1 is 1.36 bits per heavy atom. The molecular weight excluding hydrogens is 150 g/mol. The van der Waals surface area contributed by atoms with Gasteiger partial charge in [0.25, 0.3) is 0 Å². The molecule has 0 aromatic heterocycles. The summed E-state index contributed by atoms with van der Waals surface area (Å²) in [4.78, 5) is 9.60. The Hall–Kier alpha value is -0.520. The molecule has 0 radical (unpaired) electrons. The van der Waals surface area contributed by atoms with Gasteiger partial charge in [-0.1, -0.05) is 5.18 Å². The van der Waals surface area contributed by atoms with Crippen LogP contribution in [0, 0.1) is 4.91 Å². The number of nitroso groups, excluding NO2 is 1. The Bertz CT molecular complexity index is 94.6. The first kappa shape index (κ1) is 10.5. The number of hydrogen-bond donors (Lipinski definition) is 0. The molecule has 0 aliphatic heterocycles. The van der Waals surface area contributed by atoms with Gasteiger partial charge in [-0.15, -0.1) is 0 Å². The first-order chi connectivity index (χ1) is 5.35. The van der Waals surface area contributed by atoms with Crippen LogP contribution in [-0.4, -0.2) is 40.3 Å². The van der Waals surface area contributed by atoms with Crippen LogP contribution in [0.1, 0.15) is 0 Å². The lowest BCUT2D eigenvalue weighted by molar-refractivity contribution is -0.139. The number of nitrogens with zero attached hydrogens (tertiary/aromatic N) is 1. The van der Waals surface area contributed by atoms with Crippen molar-refractivity contribution in [2.45, 2.75) is 6.29 Å². The van der Waals surface area contributed by atoms with Crippen LogP contribution in [-0.2, 0) is 14.2 Å². The van der Waals surface area contributed by atoms with Gasteiger partial charge >= 0.3 is 0 Å². The van der Waals surface area contributed by atoms with Gasteiger partial charge in [-0.3, -0.25) is 0 Å². The smallest absolute Gasteiger partial charge is 0.180 e. The number of rotatable bonds is 7. The van der Waals surface area contributed by atoms with Crippen LogP contribution in [0.25, 0.3) is 0 Å². The lowest BCUT2D eigenvalue weighted by Gasteiger charge is -2.12. The zero-order chi connectivity index (χ0) is 8.53. The van der Waals surface area contributed by atoms with E-state index in [9.17, 15) is 4.91 Å². The van der Waals surface area contributed by atoms with Crippen LogP contribution >= 0.6 is 0 Å². The van der Waals surface area contributed by atoms with Gasteiger partial charge in [0.05, 0.1) is 13.2 Å². The zero-order valence-electron chi connectivity index (χ0n) is 6.78. The average molecular weight is 163 g/mol. The molecule has 5 nitrogen and oxygen atoms in total. The summed E-state index contributed by atoms with van der Waals surface area (Å²) >= 11 is 0. The molecule has 0 unspecified atom stereocenters. The maximum Gasteiger partial charge on any atom is 0.180 e. The zero-order valence-corrected chi connectivity index (χ0v) is 6.78. The molecule has 0 saturated heterocycles. The molecule has 0 aliphatic carbocycles. The Kier molecular flexibility index (Phi) is 7.23. The van der Waals surface area contributed by atoms with E-state index in [-0.39, 0.29) is 12.8 Å². The summed E-state index contributed by atoms with van der Waals surface area (Å²) in [5, 5.41) is 2.63. The summed E-state index contributed by atoms with van der Waals surface area (Å²) in [7, 11) is 3.05. The fraction of sp³-hybridized carbons (Fsp3) is 1.00. The minimum Gasteiger partial charge on any atom is -0.374 e. The van der Waals surface area contributed by atoms with Gasteiger partial charge in [-0.2, -0.15) is 4.91 Å². The standard InChI is InChI=1S/C6H13NO4/c1-9-6(10-2)5-11-4-3-7-8/h6H,3-5H2,1-2H3. The minimum absolute atomic E-state index is 0.167. The van der Waals surface area contributed by atoms with Gasteiger partial charge in [0.2, 0.25) is 0 Å². The highest BCUT2D eigenvalue weighted by Crippen LogP contribution is 1.91. The molecule has 11 heavy (non-hydrogen) atoms. The summed E-state index contributed by atoms with van der Waals surface area (Å²) in [5.41, 5.74) is 0. The molecule has 66 valence electrons. The molecule has 0 heterocycles. The molecule has 0 bridgehead atoms. The van der Waals surface area contributed by atoms with Crippen molar-refractivity contribution in [1.82, 2.24) is 0 Å². The maximum atomic E-state index is 9.60. The summed E-state index contributed by atoms with van der Waals surface area (Å²) in [6.07, 6.45) is -0.360. The highest BCUT2D eigenvalue weighted by molar-refractivity contribution is 4.41. The second kappa shape index (κ2) is 7.59. The Labute approximate surface area is 65.6 Å². The molecule has 0 aromatic rings. The van der Waals surface area contributed by atoms with E-state index in [0.29, 0.717) is 13.2 Å². The summed E-state index contributed by atoms with van der Waals surface area (Å²) < 4.78 is 14.6. The Morgan fingerprint density at radius 3 is 2.45 bits per heavy atom. The lowest BCUT2D eigenvalue weighted by atomic mass is 10.6. The quantitative estimate of drug-likeness (QED) is 0.309. The van der Waals surface area contributed by atoms with Crippen LogP contribution in [0.3, 0.4) is 0 Å².